The van der Waals surface area contributed by atoms with E-state index in [1.807, 2.05) is 0 Å². The van der Waals surface area contributed by atoms with Crippen LogP contribution >= 0.6 is 0 Å². The van der Waals surface area contributed by atoms with Crippen molar-refractivity contribution in [3.05, 3.63) is 0 Å². The Morgan fingerprint density at radius 3 is 2.73 bits per heavy atom. The second kappa shape index (κ2) is 5.79. The molecule has 5 nitrogen and oxygen atoms in total. The van der Waals surface area contributed by atoms with E-state index in [1.54, 1.807) is 7.11 Å². The lowest BCUT2D eigenvalue weighted by Crippen LogP contribution is -2.32. The predicted octanol–water partition coefficient (Wildman–Crippen LogP) is -0.191. The molecule has 1 saturated heterocycles. The fourth-order valence-corrected chi connectivity index (χ4v) is 3.27. The Hall–Kier alpha value is -0.170. The average molecular weight is 237 g/mol. The van der Waals surface area contributed by atoms with Crippen LogP contribution in [0.15, 0.2) is 0 Å². The van der Waals surface area contributed by atoms with Gasteiger partial charge in [-0.3, -0.25) is 0 Å². The van der Waals surface area contributed by atoms with Gasteiger partial charge >= 0.3 is 0 Å². The summed E-state index contributed by atoms with van der Waals surface area (Å²) in [5.74, 6) is 0.129. The molecule has 1 unspecified atom stereocenters. The standard InChI is InChI=1S/C9H19NO4S/c1-14-9-4-5-10(8-9)15(12,13)7-3-2-6-11/h9,11H,2-8H2,1H3. The van der Waals surface area contributed by atoms with Crippen LogP contribution in [0.1, 0.15) is 19.3 Å². The summed E-state index contributed by atoms with van der Waals surface area (Å²) in [6, 6.07) is 0. The van der Waals surface area contributed by atoms with Crippen LogP contribution in [0.2, 0.25) is 0 Å². The largest absolute Gasteiger partial charge is 0.396 e. The molecule has 0 amide bonds. The van der Waals surface area contributed by atoms with Gasteiger partial charge in [0.05, 0.1) is 11.9 Å². The van der Waals surface area contributed by atoms with E-state index in [9.17, 15) is 8.42 Å². The molecule has 1 heterocycles. The molecule has 0 aromatic carbocycles. The quantitative estimate of drug-likeness (QED) is 0.650. The van der Waals surface area contributed by atoms with Crippen molar-refractivity contribution in [2.45, 2.75) is 25.4 Å². The van der Waals surface area contributed by atoms with Crippen molar-refractivity contribution in [3.8, 4) is 0 Å². The van der Waals surface area contributed by atoms with Crippen LogP contribution in [0.4, 0.5) is 0 Å². The van der Waals surface area contributed by atoms with Gasteiger partial charge < -0.3 is 9.84 Å². The number of methoxy groups -OCH3 is 1. The molecule has 1 fully saturated rings. The zero-order chi connectivity index (χ0) is 11.3. The fraction of sp³-hybridized carbons (Fsp3) is 1.00. The average Bonchev–Trinajstić information content (AvgIpc) is 2.66. The van der Waals surface area contributed by atoms with E-state index in [-0.39, 0.29) is 18.5 Å². The Kier molecular flexibility index (Phi) is 4.98. The minimum absolute atomic E-state index is 0.0395. The highest BCUT2D eigenvalue weighted by atomic mass is 32.2. The SMILES string of the molecule is COC1CCN(S(=O)(=O)CCCCO)C1. The van der Waals surface area contributed by atoms with Crippen molar-refractivity contribution in [2.24, 2.45) is 0 Å². The molecule has 1 atom stereocenters. The summed E-state index contributed by atoms with van der Waals surface area (Å²) < 4.78 is 30.1. The molecular weight excluding hydrogens is 218 g/mol. The number of sulfonamides is 1. The maximum atomic E-state index is 11.8. The van der Waals surface area contributed by atoms with Gasteiger partial charge in [-0.2, -0.15) is 4.31 Å². The zero-order valence-corrected chi connectivity index (χ0v) is 9.87. The molecule has 90 valence electrons. The lowest BCUT2D eigenvalue weighted by Gasteiger charge is -2.15. The zero-order valence-electron chi connectivity index (χ0n) is 9.05. The smallest absolute Gasteiger partial charge is 0.214 e. The Morgan fingerprint density at radius 2 is 2.20 bits per heavy atom. The normalized spacial score (nSPS) is 23.5. The Labute approximate surface area is 91.1 Å². The van der Waals surface area contributed by atoms with E-state index in [4.69, 9.17) is 9.84 Å². The van der Waals surface area contributed by atoms with Gasteiger partial charge in [0, 0.05) is 26.8 Å². The van der Waals surface area contributed by atoms with E-state index in [0.29, 0.717) is 25.9 Å². The third-order valence-electron chi connectivity index (χ3n) is 2.64. The Balaban J connectivity index is 2.41. The molecule has 1 N–H and O–H groups in total. The van der Waals surface area contributed by atoms with Crippen molar-refractivity contribution < 1.29 is 18.3 Å². The number of aliphatic hydroxyl groups is 1. The van der Waals surface area contributed by atoms with E-state index in [0.717, 1.165) is 6.42 Å². The van der Waals surface area contributed by atoms with Gasteiger partial charge in [-0.25, -0.2) is 8.42 Å². The molecule has 1 aliphatic rings. The summed E-state index contributed by atoms with van der Waals surface area (Å²) in [5.41, 5.74) is 0. The summed E-state index contributed by atoms with van der Waals surface area (Å²) in [5, 5.41) is 8.58. The van der Waals surface area contributed by atoms with Crippen LogP contribution in [0.25, 0.3) is 0 Å². The van der Waals surface area contributed by atoms with Crippen LogP contribution in [0.5, 0.6) is 0 Å². The van der Waals surface area contributed by atoms with E-state index < -0.39 is 10.0 Å². The predicted molar refractivity (Wildman–Crippen MR) is 57.1 cm³/mol. The van der Waals surface area contributed by atoms with Crippen LogP contribution < -0.4 is 0 Å². The first kappa shape index (κ1) is 12.9. The fourth-order valence-electron chi connectivity index (χ4n) is 1.67. The number of hydrogen-bond donors (Lipinski definition) is 1. The Bertz CT molecular complexity index is 278. The summed E-state index contributed by atoms with van der Waals surface area (Å²) >= 11 is 0. The summed E-state index contributed by atoms with van der Waals surface area (Å²) in [4.78, 5) is 0. The third-order valence-corrected chi connectivity index (χ3v) is 4.57. The first-order valence-electron chi connectivity index (χ1n) is 5.21. The number of rotatable bonds is 6. The molecular formula is C9H19NO4S. The third kappa shape index (κ3) is 3.71. The van der Waals surface area contributed by atoms with E-state index >= 15 is 0 Å². The molecule has 0 saturated carbocycles. The van der Waals surface area contributed by atoms with Gasteiger partial charge in [-0.1, -0.05) is 0 Å². The molecule has 1 aliphatic heterocycles. The molecule has 0 bridgehead atoms. The highest BCUT2D eigenvalue weighted by Gasteiger charge is 2.30. The van der Waals surface area contributed by atoms with Crippen molar-refractivity contribution in [2.75, 3.05) is 32.6 Å². The van der Waals surface area contributed by atoms with Crippen molar-refractivity contribution in [1.82, 2.24) is 4.31 Å². The number of aliphatic hydroxyl groups excluding tert-OH is 1. The van der Waals surface area contributed by atoms with Crippen molar-refractivity contribution >= 4 is 10.0 Å². The number of hydrogen-bond acceptors (Lipinski definition) is 4. The van der Waals surface area contributed by atoms with E-state index in [1.165, 1.54) is 4.31 Å². The maximum Gasteiger partial charge on any atom is 0.214 e. The topological polar surface area (TPSA) is 66.8 Å². The summed E-state index contributed by atoms with van der Waals surface area (Å²) in [6.07, 6.45) is 1.88. The first-order valence-corrected chi connectivity index (χ1v) is 6.82. The van der Waals surface area contributed by atoms with Crippen LogP contribution in [-0.4, -0.2) is 56.5 Å². The summed E-state index contributed by atoms with van der Waals surface area (Å²) in [7, 11) is -1.53. The molecule has 0 radical (unpaired) electrons. The molecule has 6 heteroatoms. The van der Waals surface area contributed by atoms with Gasteiger partial charge in [0.2, 0.25) is 10.0 Å². The van der Waals surface area contributed by atoms with Crippen LogP contribution in [0, 0.1) is 0 Å². The Morgan fingerprint density at radius 1 is 1.47 bits per heavy atom. The second-order valence-electron chi connectivity index (χ2n) is 3.75. The van der Waals surface area contributed by atoms with Crippen LogP contribution in [-0.2, 0) is 14.8 Å². The minimum Gasteiger partial charge on any atom is -0.396 e. The molecule has 0 aliphatic carbocycles. The maximum absolute atomic E-state index is 11.8. The molecule has 1 rings (SSSR count). The van der Waals surface area contributed by atoms with Gasteiger partial charge in [0.15, 0.2) is 0 Å². The van der Waals surface area contributed by atoms with E-state index in [2.05, 4.69) is 0 Å². The molecule has 0 aromatic heterocycles. The monoisotopic (exact) mass is 237 g/mol. The minimum atomic E-state index is -3.13. The lowest BCUT2D eigenvalue weighted by atomic mass is 10.3. The van der Waals surface area contributed by atoms with Gasteiger partial charge in [0.25, 0.3) is 0 Å². The van der Waals surface area contributed by atoms with Gasteiger partial charge in [-0.05, 0) is 19.3 Å². The molecule has 0 spiro atoms. The number of ether oxygens (including phenoxy) is 1. The molecule has 0 aromatic rings. The first-order chi connectivity index (χ1) is 7.10. The number of unbranched alkanes of at least 4 members (excludes halogenated alkanes) is 1. The second-order valence-corrected chi connectivity index (χ2v) is 5.84. The van der Waals surface area contributed by atoms with Crippen molar-refractivity contribution in [1.29, 1.82) is 0 Å². The van der Waals surface area contributed by atoms with Gasteiger partial charge in [0.1, 0.15) is 0 Å². The molecule has 15 heavy (non-hydrogen) atoms. The highest BCUT2D eigenvalue weighted by molar-refractivity contribution is 7.89. The van der Waals surface area contributed by atoms with Crippen molar-refractivity contribution in [3.63, 3.8) is 0 Å². The highest BCUT2D eigenvalue weighted by Crippen LogP contribution is 2.16. The lowest BCUT2D eigenvalue weighted by molar-refractivity contribution is 0.115. The number of nitrogens with zero attached hydrogens (tertiary/aromatic N) is 1. The van der Waals surface area contributed by atoms with Crippen LogP contribution in [0.3, 0.4) is 0 Å². The van der Waals surface area contributed by atoms with Gasteiger partial charge in [-0.15, -0.1) is 0 Å². The summed E-state index contributed by atoms with van der Waals surface area (Å²) in [6.45, 7) is 1.08.